The Kier molecular flexibility index (Phi) is 8.55. The van der Waals surface area contributed by atoms with E-state index in [9.17, 15) is 0 Å². The van der Waals surface area contributed by atoms with Crippen molar-refractivity contribution in [3.63, 3.8) is 0 Å². The Labute approximate surface area is 142 Å². The molecular weight excluding hydrogens is 276 g/mol. The lowest BCUT2D eigenvalue weighted by atomic mass is 10.0. The molecule has 0 bridgehead atoms. The first-order chi connectivity index (χ1) is 11.4. The largest absolute Gasteiger partial charge is 0.103 e. The van der Waals surface area contributed by atoms with Gasteiger partial charge in [0.2, 0.25) is 0 Å². The van der Waals surface area contributed by atoms with E-state index in [1.165, 1.54) is 87.0 Å². The summed E-state index contributed by atoms with van der Waals surface area (Å²) in [7, 11) is 0. The van der Waals surface area contributed by atoms with Gasteiger partial charge in [0.15, 0.2) is 0 Å². The summed E-state index contributed by atoms with van der Waals surface area (Å²) in [5.41, 5.74) is 1.49. The Bertz CT molecular complexity index is 567. The van der Waals surface area contributed by atoms with Crippen molar-refractivity contribution in [3.05, 3.63) is 60.7 Å². The Morgan fingerprint density at radius 1 is 0.652 bits per heavy atom. The maximum atomic E-state index is 3.77. The number of unbranched alkanes of at least 4 members (excludes halogenated alkanes) is 9. The van der Waals surface area contributed by atoms with Gasteiger partial charge in [-0.25, -0.2) is 0 Å². The van der Waals surface area contributed by atoms with E-state index in [1.807, 2.05) is 6.08 Å². The first kappa shape index (κ1) is 17.8. The molecule has 0 saturated carbocycles. The maximum Gasteiger partial charge on any atom is -0.0181 e. The molecule has 0 aromatic heterocycles. The summed E-state index contributed by atoms with van der Waals surface area (Å²) in [6.45, 7) is 3.77. The summed E-state index contributed by atoms with van der Waals surface area (Å²) in [4.78, 5) is 0. The Morgan fingerprint density at radius 3 is 1.96 bits per heavy atom. The highest BCUT2D eigenvalue weighted by Gasteiger charge is 1.97. The average Bonchev–Trinajstić information content (AvgIpc) is 2.59. The summed E-state index contributed by atoms with van der Waals surface area (Å²) in [5.74, 6) is 0. The average molecular weight is 309 g/mol. The molecule has 0 amide bonds. The third-order valence-electron chi connectivity index (χ3n) is 4.69. The van der Waals surface area contributed by atoms with E-state index in [2.05, 4.69) is 49.0 Å². The van der Waals surface area contributed by atoms with E-state index in [1.54, 1.807) is 0 Å². The molecule has 0 aliphatic carbocycles. The van der Waals surface area contributed by atoms with Crippen molar-refractivity contribution in [1.82, 2.24) is 0 Å². The third kappa shape index (κ3) is 7.03. The van der Waals surface area contributed by atoms with Gasteiger partial charge in [-0.15, -0.1) is 6.58 Å². The van der Waals surface area contributed by atoms with Crippen molar-refractivity contribution >= 4 is 10.8 Å². The zero-order valence-electron chi connectivity index (χ0n) is 14.6. The van der Waals surface area contributed by atoms with Crippen molar-refractivity contribution < 1.29 is 0 Å². The van der Waals surface area contributed by atoms with Gasteiger partial charge in [0.25, 0.3) is 0 Å². The maximum absolute atomic E-state index is 3.77. The fourth-order valence-corrected chi connectivity index (χ4v) is 3.25. The van der Waals surface area contributed by atoms with Crippen LogP contribution < -0.4 is 0 Å². The lowest BCUT2D eigenvalue weighted by Crippen LogP contribution is -1.87. The molecule has 0 heteroatoms. The number of hydrogen-bond acceptors (Lipinski definition) is 0. The van der Waals surface area contributed by atoms with Crippen molar-refractivity contribution in [1.29, 1.82) is 0 Å². The Morgan fingerprint density at radius 2 is 1.26 bits per heavy atom. The summed E-state index contributed by atoms with van der Waals surface area (Å²) < 4.78 is 0. The normalized spacial score (nSPS) is 11.0. The molecule has 0 N–H and O–H groups in total. The van der Waals surface area contributed by atoms with Crippen LogP contribution in [0.15, 0.2) is 55.1 Å². The zero-order chi connectivity index (χ0) is 16.2. The molecule has 0 spiro atoms. The molecule has 2 aromatic carbocycles. The van der Waals surface area contributed by atoms with Gasteiger partial charge in [-0.2, -0.15) is 0 Å². The van der Waals surface area contributed by atoms with Gasteiger partial charge in [0.1, 0.15) is 0 Å². The van der Waals surface area contributed by atoms with Gasteiger partial charge in [0.05, 0.1) is 0 Å². The number of aryl methyl sites for hydroxylation is 1. The van der Waals surface area contributed by atoms with Crippen molar-refractivity contribution in [2.24, 2.45) is 0 Å². The monoisotopic (exact) mass is 308 g/mol. The van der Waals surface area contributed by atoms with Gasteiger partial charge in [-0.05, 0) is 42.0 Å². The fraction of sp³-hybridized carbons (Fsp3) is 0.478. The molecule has 0 fully saturated rings. The number of rotatable bonds is 12. The number of hydrogen-bond donors (Lipinski definition) is 0. The summed E-state index contributed by atoms with van der Waals surface area (Å²) in [6.07, 6.45) is 16.9. The number of fused-ring (bicyclic) bond motifs is 1. The van der Waals surface area contributed by atoms with Gasteiger partial charge in [-0.1, -0.05) is 93.5 Å². The number of allylic oxidation sites excluding steroid dienone is 1. The van der Waals surface area contributed by atoms with Crippen LogP contribution in [0.25, 0.3) is 10.8 Å². The highest BCUT2D eigenvalue weighted by molar-refractivity contribution is 5.82. The van der Waals surface area contributed by atoms with E-state index >= 15 is 0 Å². The lowest BCUT2D eigenvalue weighted by Gasteiger charge is -2.05. The van der Waals surface area contributed by atoms with Gasteiger partial charge < -0.3 is 0 Å². The quantitative estimate of drug-likeness (QED) is 0.282. The number of benzene rings is 2. The first-order valence-electron chi connectivity index (χ1n) is 9.49. The van der Waals surface area contributed by atoms with Crippen LogP contribution in [0.3, 0.4) is 0 Å². The molecule has 23 heavy (non-hydrogen) atoms. The molecular formula is C23H32. The van der Waals surface area contributed by atoms with Gasteiger partial charge in [0, 0.05) is 0 Å². The lowest BCUT2D eigenvalue weighted by molar-refractivity contribution is 0.560. The predicted molar refractivity (Wildman–Crippen MR) is 104 cm³/mol. The van der Waals surface area contributed by atoms with E-state index in [0.717, 1.165) is 0 Å². The molecule has 2 aromatic rings. The van der Waals surface area contributed by atoms with Crippen molar-refractivity contribution in [2.75, 3.05) is 0 Å². The summed E-state index contributed by atoms with van der Waals surface area (Å²) in [5, 5.41) is 2.73. The Hall–Kier alpha value is -1.56. The van der Waals surface area contributed by atoms with Crippen LogP contribution >= 0.6 is 0 Å². The fourth-order valence-electron chi connectivity index (χ4n) is 3.25. The molecule has 124 valence electrons. The topological polar surface area (TPSA) is 0 Å². The summed E-state index contributed by atoms with van der Waals surface area (Å²) in [6, 6.07) is 15.6. The van der Waals surface area contributed by atoms with Crippen LogP contribution in [0.5, 0.6) is 0 Å². The molecule has 0 aliphatic heterocycles. The molecule has 0 unspecified atom stereocenters. The molecule has 0 heterocycles. The van der Waals surface area contributed by atoms with Crippen molar-refractivity contribution in [2.45, 2.75) is 70.6 Å². The molecule has 0 aliphatic rings. The van der Waals surface area contributed by atoms with Crippen LogP contribution in [0.4, 0.5) is 0 Å². The second-order valence-electron chi connectivity index (χ2n) is 6.69. The van der Waals surface area contributed by atoms with Crippen molar-refractivity contribution in [3.8, 4) is 0 Å². The van der Waals surface area contributed by atoms with Gasteiger partial charge >= 0.3 is 0 Å². The smallest absolute Gasteiger partial charge is 0.0181 e. The van der Waals surface area contributed by atoms with Crippen LogP contribution in [0, 0.1) is 0 Å². The molecule has 0 radical (unpaired) electrons. The third-order valence-corrected chi connectivity index (χ3v) is 4.69. The standard InChI is InChI=1S/C23H32/c1-2-3-4-5-6-7-8-9-10-11-12-15-21-18-19-22-16-13-14-17-23(22)20-21/h2,13-14,16-20H,1,3-12,15H2. The van der Waals surface area contributed by atoms with Crippen LogP contribution in [-0.2, 0) is 6.42 Å². The molecule has 0 saturated heterocycles. The minimum absolute atomic E-state index is 1.19. The molecule has 0 nitrogen and oxygen atoms in total. The van der Waals surface area contributed by atoms with E-state index in [-0.39, 0.29) is 0 Å². The van der Waals surface area contributed by atoms with E-state index < -0.39 is 0 Å². The van der Waals surface area contributed by atoms with E-state index in [0.29, 0.717) is 0 Å². The van der Waals surface area contributed by atoms with Crippen LogP contribution in [0.1, 0.15) is 69.8 Å². The first-order valence-corrected chi connectivity index (χ1v) is 9.49. The van der Waals surface area contributed by atoms with Crippen LogP contribution in [0.2, 0.25) is 0 Å². The minimum atomic E-state index is 1.19. The second kappa shape index (κ2) is 11.0. The highest BCUT2D eigenvalue weighted by Crippen LogP contribution is 2.18. The van der Waals surface area contributed by atoms with E-state index in [4.69, 9.17) is 0 Å². The minimum Gasteiger partial charge on any atom is -0.103 e. The Balaban J connectivity index is 1.51. The summed E-state index contributed by atoms with van der Waals surface area (Å²) >= 11 is 0. The molecule has 0 atom stereocenters. The highest BCUT2D eigenvalue weighted by atomic mass is 14.0. The predicted octanol–water partition coefficient (Wildman–Crippen LogP) is 7.47. The van der Waals surface area contributed by atoms with Gasteiger partial charge in [-0.3, -0.25) is 0 Å². The zero-order valence-corrected chi connectivity index (χ0v) is 14.6. The SMILES string of the molecule is C=CCCCCCCCCCCCc1ccc2ccccc2c1. The van der Waals surface area contributed by atoms with Crippen LogP contribution in [-0.4, -0.2) is 0 Å². The second-order valence-corrected chi connectivity index (χ2v) is 6.69. The molecule has 2 rings (SSSR count).